The van der Waals surface area contributed by atoms with Crippen LogP contribution in [0.5, 0.6) is 0 Å². The van der Waals surface area contributed by atoms with E-state index in [2.05, 4.69) is 32.2 Å². The van der Waals surface area contributed by atoms with E-state index in [9.17, 15) is 4.79 Å². The van der Waals surface area contributed by atoms with E-state index in [-0.39, 0.29) is 42.0 Å². The molecule has 1 spiro atoms. The Labute approximate surface area is 220 Å². The molecule has 2 N–H and O–H groups in total. The third-order valence-electron chi connectivity index (χ3n) is 7.61. The second kappa shape index (κ2) is 12.1. The lowest BCUT2D eigenvalue weighted by atomic mass is 9.68. The molecule has 0 bridgehead atoms. The molecule has 2 aliphatic heterocycles. The molecule has 3 aliphatic rings. The molecule has 1 aliphatic carbocycles. The van der Waals surface area contributed by atoms with E-state index >= 15 is 0 Å². The summed E-state index contributed by atoms with van der Waals surface area (Å²) >= 11 is 0. The van der Waals surface area contributed by atoms with Crippen LogP contribution in [-0.4, -0.2) is 80.7 Å². The molecule has 37 heavy (non-hydrogen) atoms. The van der Waals surface area contributed by atoms with Gasteiger partial charge in [0.05, 0.1) is 38.4 Å². The standard InChI is InChI=1S/C29H41NO7/c1-20(2)8-10-24-28(3,37-24)27-26(33-4)23(12-13-29(27)19-35-29)36-25(32)11-9-21-6-5-7-22(18-21)30-14-16-34-17-15-31/h5-9,11,18,23-24,26-27,30-31H,10,12-17,19H2,1-4H3/b11-9+/t23-,24-,26-,27-,28+,29+/m1/s1. The van der Waals surface area contributed by atoms with Crippen molar-refractivity contribution in [2.24, 2.45) is 5.92 Å². The van der Waals surface area contributed by atoms with Crippen LogP contribution in [0.1, 0.15) is 45.6 Å². The number of benzene rings is 1. The summed E-state index contributed by atoms with van der Waals surface area (Å²) in [6.07, 6.45) is 7.26. The summed E-state index contributed by atoms with van der Waals surface area (Å²) < 4.78 is 29.4. The number of carbonyl (C=O) groups excluding carboxylic acids is 1. The van der Waals surface area contributed by atoms with Gasteiger partial charge in [0, 0.05) is 25.4 Å². The molecule has 0 unspecified atom stereocenters. The largest absolute Gasteiger partial charge is 0.456 e. The first-order valence-corrected chi connectivity index (χ1v) is 13.2. The van der Waals surface area contributed by atoms with Crippen molar-refractivity contribution >= 4 is 17.7 Å². The van der Waals surface area contributed by atoms with Crippen molar-refractivity contribution in [2.45, 2.75) is 69.5 Å². The van der Waals surface area contributed by atoms with Crippen LogP contribution >= 0.6 is 0 Å². The first kappa shape index (κ1) is 27.8. The number of ether oxygens (including phenoxy) is 5. The number of epoxide rings is 2. The Morgan fingerprint density at radius 1 is 1.30 bits per heavy atom. The molecule has 204 valence electrons. The molecule has 2 saturated heterocycles. The third-order valence-corrected chi connectivity index (χ3v) is 7.61. The lowest BCUT2D eigenvalue weighted by Crippen LogP contribution is -2.55. The quantitative estimate of drug-likeness (QED) is 0.135. The van der Waals surface area contributed by atoms with Crippen LogP contribution in [-0.2, 0) is 28.5 Å². The average Bonchev–Trinajstić information content (AvgIpc) is 3.79. The topological polar surface area (TPSA) is 102 Å². The predicted molar refractivity (Wildman–Crippen MR) is 141 cm³/mol. The summed E-state index contributed by atoms with van der Waals surface area (Å²) in [4.78, 5) is 12.8. The van der Waals surface area contributed by atoms with Gasteiger partial charge in [-0.3, -0.25) is 0 Å². The smallest absolute Gasteiger partial charge is 0.331 e. The minimum atomic E-state index is -0.391. The van der Waals surface area contributed by atoms with Crippen LogP contribution in [0.4, 0.5) is 5.69 Å². The second-order valence-corrected chi connectivity index (χ2v) is 10.6. The van der Waals surface area contributed by atoms with Crippen molar-refractivity contribution in [3.63, 3.8) is 0 Å². The Kier molecular flexibility index (Phi) is 9.08. The Morgan fingerprint density at radius 2 is 2.11 bits per heavy atom. The van der Waals surface area contributed by atoms with Crippen LogP contribution in [0.3, 0.4) is 0 Å². The zero-order valence-corrected chi connectivity index (χ0v) is 22.4. The number of rotatable bonds is 13. The van der Waals surface area contributed by atoms with Gasteiger partial charge >= 0.3 is 5.97 Å². The number of anilines is 1. The fraction of sp³-hybridized carbons (Fsp3) is 0.621. The Morgan fingerprint density at radius 3 is 2.81 bits per heavy atom. The van der Waals surface area contributed by atoms with E-state index in [4.69, 9.17) is 28.8 Å². The molecule has 0 radical (unpaired) electrons. The molecule has 6 atom stereocenters. The summed E-state index contributed by atoms with van der Waals surface area (Å²) in [5.41, 5.74) is 2.47. The van der Waals surface area contributed by atoms with E-state index < -0.39 is 5.97 Å². The summed E-state index contributed by atoms with van der Waals surface area (Å²) in [7, 11) is 1.68. The first-order valence-electron chi connectivity index (χ1n) is 13.2. The third kappa shape index (κ3) is 6.81. The average molecular weight is 516 g/mol. The highest BCUT2D eigenvalue weighted by molar-refractivity contribution is 5.87. The molecule has 1 saturated carbocycles. The van der Waals surface area contributed by atoms with E-state index in [1.165, 1.54) is 11.6 Å². The van der Waals surface area contributed by atoms with E-state index in [0.29, 0.717) is 32.8 Å². The molecule has 1 aromatic carbocycles. The predicted octanol–water partition coefficient (Wildman–Crippen LogP) is 3.74. The zero-order valence-electron chi connectivity index (χ0n) is 22.4. The van der Waals surface area contributed by atoms with E-state index in [0.717, 1.165) is 24.1 Å². The molecule has 4 rings (SSSR count). The molecule has 8 heteroatoms. The number of allylic oxidation sites excluding steroid dienone is 1. The van der Waals surface area contributed by atoms with Gasteiger partial charge in [-0.05, 0) is 63.8 Å². The van der Waals surface area contributed by atoms with E-state index in [1.807, 2.05) is 24.3 Å². The van der Waals surface area contributed by atoms with Gasteiger partial charge in [-0.25, -0.2) is 4.79 Å². The monoisotopic (exact) mass is 515 g/mol. The van der Waals surface area contributed by atoms with Crippen LogP contribution in [0, 0.1) is 5.92 Å². The maximum absolute atomic E-state index is 12.8. The molecular formula is C29H41NO7. The van der Waals surface area contributed by atoms with Crippen molar-refractivity contribution in [1.29, 1.82) is 0 Å². The Balaban J connectivity index is 1.35. The fourth-order valence-corrected chi connectivity index (χ4v) is 5.61. The van der Waals surface area contributed by atoms with Gasteiger partial charge in [-0.1, -0.05) is 23.8 Å². The van der Waals surface area contributed by atoms with E-state index in [1.54, 1.807) is 13.2 Å². The molecule has 8 nitrogen and oxygen atoms in total. The molecule has 0 aromatic heterocycles. The summed E-state index contributed by atoms with van der Waals surface area (Å²) in [5, 5.41) is 12.0. The van der Waals surface area contributed by atoms with Crippen molar-refractivity contribution < 1.29 is 33.6 Å². The van der Waals surface area contributed by atoms with Crippen molar-refractivity contribution in [3.8, 4) is 0 Å². The number of aliphatic hydroxyl groups excluding tert-OH is 1. The Hall–Kier alpha value is -2.23. The maximum atomic E-state index is 12.8. The van der Waals surface area contributed by atoms with Crippen LogP contribution in [0.15, 0.2) is 42.0 Å². The van der Waals surface area contributed by atoms with Gasteiger partial charge in [0.2, 0.25) is 0 Å². The molecule has 1 aromatic rings. The maximum Gasteiger partial charge on any atom is 0.331 e. The summed E-state index contributed by atoms with van der Waals surface area (Å²) in [5.74, 6) is -0.391. The highest BCUT2D eigenvalue weighted by atomic mass is 16.6. The Bertz CT molecular complexity index is 984. The van der Waals surface area contributed by atoms with Gasteiger partial charge in [-0.2, -0.15) is 0 Å². The van der Waals surface area contributed by atoms with Gasteiger partial charge in [0.1, 0.15) is 23.4 Å². The number of aliphatic hydroxyl groups is 1. The lowest BCUT2D eigenvalue weighted by molar-refractivity contribution is -0.166. The SMILES string of the molecule is CO[C@@H]1[C@H](OC(=O)/C=C/c2cccc(NCCOCCO)c2)CC[C@]2(CO2)[C@H]1[C@@]1(C)O[C@@H]1CC=C(C)C. The minimum absolute atomic E-state index is 0.000190. The van der Waals surface area contributed by atoms with Crippen LogP contribution < -0.4 is 5.32 Å². The zero-order chi connectivity index (χ0) is 26.5. The van der Waals surface area contributed by atoms with Gasteiger partial charge in [-0.15, -0.1) is 0 Å². The summed E-state index contributed by atoms with van der Waals surface area (Å²) in [6.45, 7) is 8.49. The lowest BCUT2D eigenvalue weighted by Gasteiger charge is -2.42. The highest BCUT2D eigenvalue weighted by Gasteiger charge is 2.72. The van der Waals surface area contributed by atoms with Crippen molar-refractivity contribution in [2.75, 3.05) is 45.4 Å². The molecule has 0 amide bonds. The van der Waals surface area contributed by atoms with Gasteiger partial charge in [0.15, 0.2) is 0 Å². The van der Waals surface area contributed by atoms with Crippen molar-refractivity contribution in [3.05, 3.63) is 47.6 Å². The van der Waals surface area contributed by atoms with Gasteiger partial charge in [0.25, 0.3) is 0 Å². The van der Waals surface area contributed by atoms with Crippen molar-refractivity contribution in [1.82, 2.24) is 0 Å². The minimum Gasteiger partial charge on any atom is -0.456 e. The van der Waals surface area contributed by atoms with Crippen LogP contribution in [0.2, 0.25) is 0 Å². The fourth-order valence-electron chi connectivity index (χ4n) is 5.61. The van der Waals surface area contributed by atoms with Gasteiger partial charge < -0.3 is 34.1 Å². The van der Waals surface area contributed by atoms with Crippen LogP contribution in [0.25, 0.3) is 6.08 Å². The number of hydrogen-bond acceptors (Lipinski definition) is 8. The number of esters is 1. The number of methoxy groups -OCH3 is 1. The molecule has 3 fully saturated rings. The summed E-state index contributed by atoms with van der Waals surface area (Å²) in [6, 6.07) is 7.76. The normalized spacial score (nSPS) is 32.4. The molecule has 2 heterocycles. The molecular weight excluding hydrogens is 474 g/mol. The number of carbonyl (C=O) groups is 1. The highest BCUT2D eigenvalue weighted by Crippen LogP contribution is 2.59. The first-order chi connectivity index (χ1) is 17.8. The number of hydrogen-bond donors (Lipinski definition) is 2. The number of nitrogens with one attached hydrogen (secondary N) is 1. The second-order valence-electron chi connectivity index (χ2n) is 10.6.